The molecule has 0 aliphatic heterocycles. The average Bonchev–Trinajstić information content (AvgIpc) is 2.01. The summed E-state index contributed by atoms with van der Waals surface area (Å²) in [6, 6.07) is 0. The summed E-state index contributed by atoms with van der Waals surface area (Å²) < 4.78 is 4.70. The van der Waals surface area contributed by atoms with E-state index in [0.29, 0.717) is 38.1 Å². The predicted octanol–water partition coefficient (Wildman–Crippen LogP) is 1.79. The van der Waals surface area contributed by atoms with Gasteiger partial charge in [0, 0.05) is 0 Å². The zero-order valence-electron chi connectivity index (χ0n) is 9.35. The van der Waals surface area contributed by atoms with Gasteiger partial charge >= 0.3 is 98.0 Å². The SMILES string of the molecule is CC(C)(C)CCCCCC(=O)[O][Pb].O. The van der Waals surface area contributed by atoms with Crippen LogP contribution in [0.3, 0.4) is 0 Å². The molecule has 0 saturated heterocycles. The summed E-state index contributed by atoms with van der Waals surface area (Å²) in [6.07, 6.45) is 5.19. The first-order chi connectivity index (χ1) is 5.95. The van der Waals surface area contributed by atoms with Crippen LogP contribution in [0.25, 0.3) is 0 Å². The van der Waals surface area contributed by atoms with Crippen LogP contribution in [-0.4, -0.2) is 37.7 Å². The van der Waals surface area contributed by atoms with Gasteiger partial charge in [-0.15, -0.1) is 0 Å². The van der Waals surface area contributed by atoms with E-state index in [9.17, 15) is 4.79 Å². The molecule has 2 N–H and O–H groups in total. The second-order valence-corrected chi connectivity index (χ2v) is 5.39. The van der Waals surface area contributed by atoms with Gasteiger partial charge in [-0.3, -0.25) is 0 Å². The summed E-state index contributed by atoms with van der Waals surface area (Å²) in [5, 5.41) is 0. The second-order valence-electron chi connectivity index (χ2n) is 4.60. The fourth-order valence-electron chi connectivity index (χ4n) is 1.15. The van der Waals surface area contributed by atoms with Gasteiger partial charge in [-0.2, -0.15) is 0 Å². The zero-order valence-corrected chi connectivity index (χ0v) is 13.2. The molecular formula is C10H21O3Pb. The standard InChI is InChI=1S/C10H20O2.H2O.Pb/c1-10(2,3)8-6-4-5-7-9(11)12;;/h4-8H2,1-3H3,(H,11,12);1H2;/q;;+1/p-1. The maximum Gasteiger partial charge on any atom is -0.412 e. The van der Waals surface area contributed by atoms with E-state index in [4.69, 9.17) is 2.69 Å². The van der Waals surface area contributed by atoms with Gasteiger partial charge in [0.05, 0.1) is 0 Å². The third-order valence-electron chi connectivity index (χ3n) is 1.92. The Kier molecular flexibility index (Phi) is 10.4. The number of carbonyl (C=O) groups excluding carboxylic acids is 1. The van der Waals surface area contributed by atoms with Crippen molar-refractivity contribution < 1.29 is 13.0 Å². The Labute approximate surface area is 103 Å². The molecular weight excluding hydrogens is 375 g/mol. The van der Waals surface area contributed by atoms with Gasteiger partial charge in [0.15, 0.2) is 0 Å². The van der Waals surface area contributed by atoms with Crippen LogP contribution >= 0.6 is 0 Å². The van der Waals surface area contributed by atoms with E-state index in [1.165, 1.54) is 12.8 Å². The Bertz CT molecular complexity index is 152. The maximum absolute atomic E-state index is 10.8. The van der Waals surface area contributed by atoms with Crippen LogP contribution in [0.5, 0.6) is 0 Å². The molecule has 0 aromatic carbocycles. The summed E-state index contributed by atoms with van der Waals surface area (Å²) >= 11 is 0.535. The topological polar surface area (TPSA) is 57.8 Å². The largest absolute Gasteiger partial charge is 0.412 e. The molecule has 0 unspecified atom stereocenters. The van der Waals surface area contributed by atoms with Crippen molar-refractivity contribution in [1.82, 2.24) is 0 Å². The van der Waals surface area contributed by atoms with Crippen LogP contribution in [0.1, 0.15) is 52.9 Å². The molecule has 0 saturated carbocycles. The molecule has 0 atom stereocenters. The fraction of sp³-hybridized carbons (Fsp3) is 0.900. The van der Waals surface area contributed by atoms with Crippen molar-refractivity contribution in [2.45, 2.75) is 52.9 Å². The normalized spacial score (nSPS) is 10.6. The third kappa shape index (κ3) is 12.4. The Morgan fingerprint density at radius 1 is 1.21 bits per heavy atom. The van der Waals surface area contributed by atoms with Crippen molar-refractivity contribution in [3.05, 3.63) is 0 Å². The molecule has 4 heteroatoms. The number of rotatable bonds is 5. The molecule has 3 nitrogen and oxygen atoms in total. The molecule has 0 bridgehead atoms. The van der Waals surface area contributed by atoms with Crippen LogP contribution in [0.15, 0.2) is 0 Å². The van der Waals surface area contributed by atoms with Gasteiger partial charge < -0.3 is 5.48 Å². The van der Waals surface area contributed by atoms with Crippen LogP contribution in [0.2, 0.25) is 0 Å². The maximum atomic E-state index is 10.8. The Balaban J connectivity index is 0. The molecule has 0 aliphatic rings. The molecule has 0 spiro atoms. The van der Waals surface area contributed by atoms with Gasteiger partial charge in [0.1, 0.15) is 0 Å². The summed E-state index contributed by atoms with van der Waals surface area (Å²) in [5.41, 5.74) is 0.429. The third-order valence-corrected chi connectivity index (χ3v) is 2.81. The molecule has 3 radical (unpaired) electrons. The second kappa shape index (κ2) is 8.64. The minimum absolute atomic E-state index is 0. The minimum atomic E-state index is -0.0255. The van der Waals surface area contributed by atoms with E-state index in [0.717, 1.165) is 12.8 Å². The minimum Gasteiger partial charge on any atom is -0.412 e. The number of unbranched alkanes of at least 4 members (excludes halogenated alkanes) is 2. The molecule has 83 valence electrons. The van der Waals surface area contributed by atoms with E-state index in [2.05, 4.69) is 20.8 Å². The Morgan fingerprint density at radius 2 is 1.79 bits per heavy atom. The smallest absolute Gasteiger partial charge is 0.412 e. The monoisotopic (exact) mass is 397 g/mol. The summed E-state index contributed by atoms with van der Waals surface area (Å²) in [5.74, 6) is -0.0255. The van der Waals surface area contributed by atoms with E-state index < -0.39 is 0 Å². The van der Waals surface area contributed by atoms with Gasteiger partial charge in [-0.05, 0) is 0 Å². The summed E-state index contributed by atoms with van der Waals surface area (Å²) in [6.45, 7) is 6.75. The van der Waals surface area contributed by atoms with E-state index in [-0.39, 0.29) is 11.4 Å². The van der Waals surface area contributed by atoms with E-state index in [1.54, 1.807) is 0 Å². The van der Waals surface area contributed by atoms with Crippen LogP contribution in [0, 0.1) is 5.41 Å². The van der Waals surface area contributed by atoms with Crippen molar-refractivity contribution in [3.8, 4) is 0 Å². The first-order valence-corrected chi connectivity index (χ1v) is 6.41. The number of hydrogen-bond acceptors (Lipinski definition) is 2. The summed E-state index contributed by atoms with van der Waals surface area (Å²) in [4.78, 5) is 10.8. The average molecular weight is 396 g/mol. The molecule has 0 heterocycles. The Morgan fingerprint density at radius 3 is 2.21 bits per heavy atom. The van der Waals surface area contributed by atoms with Crippen LogP contribution < -0.4 is 0 Å². The van der Waals surface area contributed by atoms with Gasteiger partial charge in [-0.1, -0.05) is 0 Å². The van der Waals surface area contributed by atoms with Crippen LogP contribution in [0.4, 0.5) is 0 Å². The Hall–Kier alpha value is 0.352. The van der Waals surface area contributed by atoms with Gasteiger partial charge in [0.25, 0.3) is 0 Å². The first kappa shape index (κ1) is 16.8. The first-order valence-electron chi connectivity index (χ1n) is 4.82. The van der Waals surface area contributed by atoms with Crippen LogP contribution in [-0.2, 0) is 7.48 Å². The quantitative estimate of drug-likeness (QED) is 0.526. The molecule has 0 aromatic rings. The fourth-order valence-corrected chi connectivity index (χ4v) is 1.55. The van der Waals surface area contributed by atoms with Gasteiger partial charge in [-0.25, -0.2) is 0 Å². The number of hydrogen-bond donors (Lipinski definition) is 0. The van der Waals surface area contributed by atoms with Crippen molar-refractivity contribution in [2.24, 2.45) is 5.41 Å². The zero-order chi connectivity index (χ0) is 10.3. The van der Waals surface area contributed by atoms with E-state index >= 15 is 0 Å². The van der Waals surface area contributed by atoms with E-state index in [1.807, 2.05) is 0 Å². The molecule has 14 heavy (non-hydrogen) atoms. The molecule has 0 fully saturated rings. The van der Waals surface area contributed by atoms with Crippen molar-refractivity contribution in [1.29, 1.82) is 0 Å². The predicted molar refractivity (Wildman–Crippen MR) is 58.0 cm³/mol. The molecule has 0 aromatic heterocycles. The molecule has 0 amide bonds. The molecule has 0 aliphatic carbocycles. The van der Waals surface area contributed by atoms with Crippen molar-refractivity contribution in [2.75, 3.05) is 0 Å². The summed E-state index contributed by atoms with van der Waals surface area (Å²) in [7, 11) is 0. The van der Waals surface area contributed by atoms with Crippen molar-refractivity contribution >= 4 is 32.2 Å². The molecule has 0 rings (SSSR count). The van der Waals surface area contributed by atoms with Crippen molar-refractivity contribution in [3.63, 3.8) is 0 Å². The number of carbonyl (C=O) groups is 1. The van der Waals surface area contributed by atoms with Gasteiger partial charge in [0.2, 0.25) is 0 Å².